The molecule has 29 heavy (non-hydrogen) atoms. The number of amides is 1. The van der Waals surface area contributed by atoms with Crippen LogP contribution in [0.1, 0.15) is 16.1 Å². The first-order valence-corrected chi connectivity index (χ1v) is 10.2. The molecule has 0 saturated carbocycles. The van der Waals surface area contributed by atoms with Crippen LogP contribution < -0.4 is 15.0 Å². The number of rotatable bonds is 6. The summed E-state index contributed by atoms with van der Waals surface area (Å²) in [6.07, 6.45) is 1.55. The van der Waals surface area contributed by atoms with Gasteiger partial charge >= 0.3 is 0 Å². The predicted octanol–water partition coefficient (Wildman–Crippen LogP) is 3.25. The first-order valence-electron chi connectivity index (χ1n) is 8.99. The Bertz CT molecular complexity index is 976. The monoisotopic (exact) mass is 431 g/mol. The average molecular weight is 432 g/mol. The summed E-state index contributed by atoms with van der Waals surface area (Å²) in [6.45, 7) is 3.03. The van der Waals surface area contributed by atoms with Crippen LogP contribution >= 0.6 is 22.9 Å². The molecule has 1 amide bonds. The maximum absolute atomic E-state index is 12.8. The summed E-state index contributed by atoms with van der Waals surface area (Å²) < 4.78 is 11.0. The van der Waals surface area contributed by atoms with Crippen molar-refractivity contribution in [2.24, 2.45) is 0 Å². The maximum atomic E-state index is 12.8. The summed E-state index contributed by atoms with van der Waals surface area (Å²) in [7, 11) is 0. The molecule has 1 N–H and O–H groups in total. The van der Waals surface area contributed by atoms with Gasteiger partial charge in [-0.2, -0.15) is 0 Å². The van der Waals surface area contributed by atoms with Crippen molar-refractivity contribution in [1.82, 2.24) is 15.2 Å². The Hall–Kier alpha value is -2.75. The van der Waals surface area contributed by atoms with Gasteiger partial charge < -0.3 is 14.4 Å². The van der Waals surface area contributed by atoms with Gasteiger partial charge in [0, 0.05) is 25.0 Å². The van der Waals surface area contributed by atoms with E-state index in [1.54, 1.807) is 24.4 Å². The number of ether oxygens (including phenoxy) is 2. The molecule has 8 nitrogen and oxygen atoms in total. The van der Waals surface area contributed by atoms with Gasteiger partial charge in [0.15, 0.2) is 0 Å². The highest BCUT2D eigenvalue weighted by atomic mass is 35.5. The molecular formula is C19H18ClN5O3S. The summed E-state index contributed by atoms with van der Waals surface area (Å²) in [5.41, 5.74) is 2.18. The van der Waals surface area contributed by atoms with Crippen molar-refractivity contribution < 1.29 is 14.3 Å². The second kappa shape index (κ2) is 9.17. The first kappa shape index (κ1) is 19.6. The SMILES string of the molecule is O=C(Nc1nnc(OCc2ccc(Cl)cn2)s1)c1ccccc1N1CCOCC1. The van der Waals surface area contributed by atoms with Gasteiger partial charge in [-0.3, -0.25) is 15.1 Å². The molecule has 1 aliphatic rings. The number of hydrogen-bond donors (Lipinski definition) is 1. The van der Waals surface area contributed by atoms with E-state index in [2.05, 4.69) is 25.4 Å². The second-order valence-corrected chi connectivity index (χ2v) is 7.58. The number of aromatic nitrogens is 3. The number of nitrogens with zero attached hydrogens (tertiary/aromatic N) is 4. The molecule has 0 atom stereocenters. The van der Waals surface area contributed by atoms with Crippen LogP contribution in [0.3, 0.4) is 0 Å². The van der Waals surface area contributed by atoms with Crippen LogP contribution in [-0.2, 0) is 11.3 Å². The van der Waals surface area contributed by atoms with E-state index in [0.717, 1.165) is 35.8 Å². The number of carbonyl (C=O) groups is 1. The van der Waals surface area contributed by atoms with Gasteiger partial charge in [-0.05, 0) is 35.6 Å². The molecule has 0 unspecified atom stereocenters. The molecular weight excluding hydrogens is 414 g/mol. The minimum atomic E-state index is -0.242. The highest BCUT2D eigenvalue weighted by Gasteiger charge is 2.19. The number of carbonyl (C=O) groups excluding carboxylic acids is 1. The zero-order chi connectivity index (χ0) is 20.1. The van der Waals surface area contributed by atoms with E-state index in [0.29, 0.717) is 34.1 Å². The number of nitrogens with one attached hydrogen (secondary N) is 1. The Morgan fingerprint density at radius 3 is 2.83 bits per heavy atom. The number of halogens is 1. The normalized spacial score (nSPS) is 13.9. The Labute approximate surface area is 176 Å². The summed E-state index contributed by atoms with van der Waals surface area (Å²) in [5, 5.41) is 12.0. The molecule has 0 radical (unpaired) electrons. The van der Waals surface area contributed by atoms with Crippen molar-refractivity contribution in [1.29, 1.82) is 0 Å². The lowest BCUT2D eigenvalue weighted by atomic mass is 10.1. The largest absolute Gasteiger partial charge is 0.462 e. The molecule has 1 aromatic carbocycles. The Balaban J connectivity index is 1.40. The fraction of sp³-hybridized carbons (Fsp3) is 0.263. The third kappa shape index (κ3) is 5.00. The van der Waals surface area contributed by atoms with Gasteiger partial charge in [0.25, 0.3) is 11.1 Å². The van der Waals surface area contributed by atoms with Gasteiger partial charge in [-0.1, -0.05) is 28.8 Å². The Morgan fingerprint density at radius 1 is 1.21 bits per heavy atom. The van der Waals surface area contributed by atoms with Crippen molar-refractivity contribution in [2.45, 2.75) is 6.61 Å². The number of pyridine rings is 1. The zero-order valence-corrected chi connectivity index (χ0v) is 16.9. The van der Waals surface area contributed by atoms with Gasteiger partial charge in [-0.15, -0.1) is 5.10 Å². The predicted molar refractivity (Wildman–Crippen MR) is 111 cm³/mol. The number of benzene rings is 1. The average Bonchev–Trinajstić information content (AvgIpc) is 3.21. The molecule has 3 heterocycles. The summed E-state index contributed by atoms with van der Waals surface area (Å²) in [6, 6.07) is 11.0. The van der Waals surface area contributed by atoms with E-state index in [-0.39, 0.29) is 12.5 Å². The molecule has 3 aromatic rings. The lowest BCUT2D eigenvalue weighted by Crippen LogP contribution is -2.37. The molecule has 0 spiro atoms. The number of para-hydroxylation sites is 1. The number of hydrogen-bond acceptors (Lipinski definition) is 8. The first-order chi connectivity index (χ1) is 14.2. The smallest absolute Gasteiger partial charge is 0.296 e. The molecule has 1 saturated heterocycles. The van der Waals surface area contributed by atoms with Gasteiger partial charge in [0.1, 0.15) is 6.61 Å². The Morgan fingerprint density at radius 2 is 2.03 bits per heavy atom. The highest BCUT2D eigenvalue weighted by Crippen LogP contribution is 2.26. The molecule has 10 heteroatoms. The third-order valence-corrected chi connectivity index (χ3v) is 5.23. The topological polar surface area (TPSA) is 89.5 Å². The van der Waals surface area contributed by atoms with Crippen LogP contribution in [0.4, 0.5) is 10.8 Å². The van der Waals surface area contributed by atoms with Crippen LogP contribution in [0.15, 0.2) is 42.6 Å². The van der Waals surface area contributed by atoms with E-state index in [1.165, 1.54) is 0 Å². The van der Waals surface area contributed by atoms with Crippen molar-refractivity contribution in [3.63, 3.8) is 0 Å². The highest BCUT2D eigenvalue weighted by molar-refractivity contribution is 7.17. The van der Waals surface area contributed by atoms with Crippen molar-refractivity contribution in [3.8, 4) is 5.19 Å². The Kier molecular flexibility index (Phi) is 6.18. The van der Waals surface area contributed by atoms with E-state index in [9.17, 15) is 4.79 Å². The minimum Gasteiger partial charge on any atom is -0.462 e. The van der Waals surface area contributed by atoms with E-state index >= 15 is 0 Å². The van der Waals surface area contributed by atoms with E-state index in [1.807, 2.05) is 18.2 Å². The van der Waals surface area contributed by atoms with Crippen molar-refractivity contribution >= 4 is 39.7 Å². The van der Waals surface area contributed by atoms with Crippen molar-refractivity contribution in [3.05, 3.63) is 58.9 Å². The van der Waals surface area contributed by atoms with Crippen LogP contribution in [0.25, 0.3) is 0 Å². The molecule has 0 bridgehead atoms. The molecule has 4 rings (SSSR count). The van der Waals surface area contributed by atoms with Crippen LogP contribution in [0.5, 0.6) is 5.19 Å². The lowest BCUT2D eigenvalue weighted by Gasteiger charge is -2.30. The second-order valence-electron chi connectivity index (χ2n) is 6.20. The summed E-state index contributed by atoms with van der Waals surface area (Å²) >= 11 is 6.97. The summed E-state index contributed by atoms with van der Waals surface area (Å²) in [4.78, 5) is 19.1. The lowest BCUT2D eigenvalue weighted by molar-refractivity contribution is 0.102. The van der Waals surface area contributed by atoms with E-state index in [4.69, 9.17) is 21.1 Å². The fourth-order valence-electron chi connectivity index (χ4n) is 2.86. The third-order valence-electron chi connectivity index (χ3n) is 4.26. The number of morpholine rings is 1. The number of anilines is 2. The van der Waals surface area contributed by atoms with Gasteiger partial charge in [-0.25, -0.2) is 0 Å². The maximum Gasteiger partial charge on any atom is 0.296 e. The van der Waals surface area contributed by atoms with E-state index < -0.39 is 0 Å². The minimum absolute atomic E-state index is 0.236. The van der Waals surface area contributed by atoms with Crippen LogP contribution in [-0.4, -0.2) is 47.4 Å². The van der Waals surface area contributed by atoms with Crippen LogP contribution in [0, 0.1) is 0 Å². The molecule has 0 aliphatic carbocycles. The molecule has 1 fully saturated rings. The van der Waals surface area contributed by atoms with Crippen LogP contribution in [0.2, 0.25) is 5.02 Å². The molecule has 1 aliphatic heterocycles. The van der Waals surface area contributed by atoms with Gasteiger partial charge in [0.2, 0.25) is 5.13 Å². The molecule has 2 aromatic heterocycles. The fourth-order valence-corrected chi connectivity index (χ4v) is 3.56. The zero-order valence-electron chi connectivity index (χ0n) is 15.4. The quantitative estimate of drug-likeness (QED) is 0.640. The summed E-state index contributed by atoms with van der Waals surface area (Å²) in [5.74, 6) is -0.242. The molecule has 150 valence electrons. The standard InChI is InChI=1S/C19H18ClN5O3S/c20-13-5-6-14(21-11-13)12-28-19-24-23-18(29-19)22-17(26)15-3-1-2-4-16(15)25-7-9-27-10-8-25/h1-6,11H,7-10,12H2,(H,22,23,26). The van der Waals surface area contributed by atoms with Crippen molar-refractivity contribution in [2.75, 3.05) is 36.5 Å². The van der Waals surface area contributed by atoms with Gasteiger partial charge in [0.05, 0.1) is 29.5 Å².